The zero-order valence-corrected chi connectivity index (χ0v) is 11.7. The highest BCUT2D eigenvalue weighted by Gasteiger charge is 2.36. The Labute approximate surface area is 113 Å². The maximum Gasteiger partial charge on any atom is 0.325 e. The van der Waals surface area contributed by atoms with Crippen molar-refractivity contribution >= 4 is 17.8 Å². The van der Waals surface area contributed by atoms with Crippen LogP contribution in [0.5, 0.6) is 0 Å². The molecule has 2 amide bonds. The number of carboxylic acids is 1. The van der Waals surface area contributed by atoms with E-state index in [2.05, 4.69) is 12.2 Å². The molecule has 19 heavy (non-hydrogen) atoms. The first-order chi connectivity index (χ1) is 8.86. The Kier molecular flexibility index (Phi) is 5.32. The Bertz CT molecular complexity index is 370. The first-order valence-electron chi connectivity index (χ1n) is 6.69. The van der Waals surface area contributed by atoms with E-state index in [4.69, 9.17) is 5.11 Å². The lowest BCUT2D eigenvalue weighted by Crippen LogP contribution is -2.42. The maximum absolute atomic E-state index is 11.9. The van der Waals surface area contributed by atoms with Crippen molar-refractivity contribution in [2.45, 2.75) is 52.1 Å². The van der Waals surface area contributed by atoms with Crippen LogP contribution in [0.4, 0.5) is 0 Å². The van der Waals surface area contributed by atoms with Gasteiger partial charge < -0.3 is 15.3 Å². The molecule has 2 N–H and O–H groups in total. The summed E-state index contributed by atoms with van der Waals surface area (Å²) in [6, 6.07) is -0.795. The summed E-state index contributed by atoms with van der Waals surface area (Å²) in [6.45, 7) is 5.82. The first kappa shape index (κ1) is 15.5. The molecule has 1 heterocycles. The van der Waals surface area contributed by atoms with Crippen LogP contribution >= 0.6 is 0 Å². The summed E-state index contributed by atoms with van der Waals surface area (Å²) >= 11 is 0. The summed E-state index contributed by atoms with van der Waals surface area (Å²) < 4.78 is 0. The van der Waals surface area contributed by atoms with E-state index in [0.29, 0.717) is 6.54 Å². The average Bonchev–Trinajstić information content (AvgIpc) is 2.71. The summed E-state index contributed by atoms with van der Waals surface area (Å²) in [5.41, 5.74) is 0. The predicted octanol–water partition coefficient (Wildman–Crippen LogP) is 0.613. The quantitative estimate of drug-likeness (QED) is 0.740. The number of nitrogens with one attached hydrogen (secondary N) is 1. The third-order valence-corrected chi connectivity index (χ3v) is 3.50. The van der Waals surface area contributed by atoms with Crippen molar-refractivity contribution in [2.75, 3.05) is 6.54 Å². The molecule has 0 saturated carbocycles. The zero-order valence-electron chi connectivity index (χ0n) is 11.7. The standard InChI is InChI=1S/C13H22N2O4/c1-4-5-8(2)15-7-10(6-11(15)16)12(17)14-9(3)13(18)19/h8-10H,4-7H2,1-3H3,(H,14,17)(H,18,19)/t8?,9-,10?/m1/s1. The Morgan fingerprint density at radius 3 is 2.63 bits per heavy atom. The second-order valence-corrected chi connectivity index (χ2v) is 5.15. The molecule has 1 fully saturated rings. The Hall–Kier alpha value is -1.59. The molecule has 108 valence electrons. The first-order valence-corrected chi connectivity index (χ1v) is 6.69. The number of carbonyl (C=O) groups is 3. The van der Waals surface area contributed by atoms with E-state index in [1.807, 2.05) is 6.92 Å². The van der Waals surface area contributed by atoms with Crippen LogP contribution < -0.4 is 5.32 Å². The molecule has 0 bridgehead atoms. The van der Waals surface area contributed by atoms with Gasteiger partial charge in [0.2, 0.25) is 11.8 Å². The van der Waals surface area contributed by atoms with Crippen molar-refractivity contribution in [2.24, 2.45) is 5.92 Å². The third-order valence-electron chi connectivity index (χ3n) is 3.50. The van der Waals surface area contributed by atoms with E-state index >= 15 is 0 Å². The number of carbonyl (C=O) groups excluding carboxylic acids is 2. The van der Waals surface area contributed by atoms with E-state index in [1.54, 1.807) is 4.90 Å². The maximum atomic E-state index is 11.9. The van der Waals surface area contributed by atoms with Gasteiger partial charge in [0.1, 0.15) is 6.04 Å². The summed E-state index contributed by atoms with van der Waals surface area (Å²) in [7, 11) is 0. The van der Waals surface area contributed by atoms with Crippen LogP contribution in [0, 0.1) is 5.92 Å². The van der Waals surface area contributed by atoms with Gasteiger partial charge >= 0.3 is 5.97 Å². The number of likely N-dealkylation sites (tertiary alicyclic amines) is 1. The molecule has 0 aromatic heterocycles. The summed E-state index contributed by atoms with van der Waals surface area (Å²) in [5.74, 6) is -1.89. The Morgan fingerprint density at radius 2 is 2.11 bits per heavy atom. The minimum atomic E-state index is -1.08. The number of hydrogen-bond donors (Lipinski definition) is 2. The predicted molar refractivity (Wildman–Crippen MR) is 69.4 cm³/mol. The molecule has 0 aromatic carbocycles. The number of amides is 2. The van der Waals surface area contributed by atoms with Crippen LogP contribution in [-0.2, 0) is 14.4 Å². The van der Waals surface area contributed by atoms with E-state index in [1.165, 1.54) is 6.92 Å². The van der Waals surface area contributed by atoms with Crippen LogP contribution in [-0.4, -0.2) is 46.4 Å². The van der Waals surface area contributed by atoms with E-state index < -0.39 is 17.9 Å². The minimum Gasteiger partial charge on any atom is -0.480 e. The van der Waals surface area contributed by atoms with Crippen LogP contribution in [0.1, 0.15) is 40.0 Å². The molecule has 0 radical (unpaired) electrons. The molecular formula is C13H22N2O4. The Morgan fingerprint density at radius 1 is 1.47 bits per heavy atom. The van der Waals surface area contributed by atoms with Gasteiger partial charge in [0.05, 0.1) is 5.92 Å². The molecule has 6 heteroatoms. The lowest BCUT2D eigenvalue weighted by molar-refractivity contribution is -0.141. The van der Waals surface area contributed by atoms with Crippen molar-refractivity contribution in [3.8, 4) is 0 Å². The molecule has 0 aliphatic carbocycles. The fourth-order valence-corrected chi connectivity index (χ4v) is 2.30. The molecule has 6 nitrogen and oxygen atoms in total. The third kappa shape index (κ3) is 3.94. The fourth-order valence-electron chi connectivity index (χ4n) is 2.30. The van der Waals surface area contributed by atoms with E-state index in [-0.39, 0.29) is 24.3 Å². The smallest absolute Gasteiger partial charge is 0.325 e. The highest BCUT2D eigenvalue weighted by molar-refractivity contribution is 5.91. The van der Waals surface area contributed by atoms with Crippen molar-refractivity contribution in [3.05, 3.63) is 0 Å². The van der Waals surface area contributed by atoms with Gasteiger partial charge in [0.25, 0.3) is 0 Å². The number of rotatable bonds is 6. The monoisotopic (exact) mass is 270 g/mol. The van der Waals surface area contributed by atoms with Crippen LogP contribution in [0.15, 0.2) is 0 Å². The van der Waals surface area contributed by atoms with Crippen molar-refractivity contribution < 1.29 is 19.5 Å². The van der Waals surface area contributed by atoms with Crippen molar-refractivity contribution in [1.82, 2.24) is 10.2 Å². The molecule has 1 aliphatic rings. The minimum absolute atomic E-state index is 0.0240. The fraction of sp³-hybridized carbons (Fsp3) is 0.769. The van der Waals surface area contributed by atoms with Crippen molar-refractivity contribution in [3.63, 3.8) is 0 Å². The number of hydrogen-bond acceptors (Lipinski definition) is 3. The van der Waals surface area contributed by atoms with Crippen LogP contribution in [0.3, 0.4) is 0 Å². The summed E-state index contributed by atoms with van der Waals surface area (Å²) in [5, 5.41) is 11.2. The van der Waals surface area contributed by atoms with Gasteiger partial charge in [-0.25, -0.2) is 0 Å². The number of aliphatic carboxylic acids is 1. The van der Waals surface area contributed by atoms with Gasteiger partial charge in [0, 0.05) is 19.0 Å². The normalized spacial score (nSPS) is 22.2. The zero-order chi connectivity index (χ0) is 14.6. The lowest BCUT2D eigenvalue weighted by atomic mass is 10.1. The molecule has 1 aliphatic heterocycles. The summed E-state index contributed by atoms with van der Waals surface area (Å²) in [4.78, 5) is 36.1. The van der Waals surface area contributed by atoms with Gasteiger partial charge in [-0.2, -0.15) is 0 Å². The second-order valence-electron chi connectivity index (χ2n) is 5.15. The molecule has 0 aromatic rings. The van der Waals surface area contributed by atoms with E-state index in [9.17, 15) is 14.4 Å². The molecule has 0 spiro atoms. The molecule has 3 atom stereocenters. The molecule has 2 unspecified atom stereocenters. The van der Waals surface area contributed by atoms with Crippen molar-refractivity contribution in [1.29, 1.82) is 0 Å². The van der Waals surface area contributed by atoms with Gasteiger partial charge in [-0.1, -0.05) is 13.3 Å². The van der Waals surface area contributed by atoms with Gasteiger partial charge in [-0.05, 0) is 20.3 Å². The van der Waals surface area contributed by atoms with Gasteiger partial charge in [-0.15, -0.1) is 0 Å². The van der Waals surface area contributed by atoms with Crippen LogP contribution in [0.25, 0.3) is 0 Å². The largest absolute Gasteiger partial charge is 0.480 e. The molecular weight excluding hydrogens is 248 g/mol. The molecule has 1 saturated heterocycles. The summed E-state index contributed by atoms with van der Waals surface area (Å²) in [6.07, 6.45) is 2.07. The lowest BCUT2D eigenvalue weighted by Gasteiger charge is -2.24. The van der Waals surface area contributed by atoms with Crippen LogP contribution in [0.2, 0.25) is 0 Å². The molecule has 1 rings (SSSR count). The SMILES string of the molecule is CCCC(C)N1CC(C(=O)N[C@H](C)C(=O)O)CC1=O. The van der Waals surface area contributed by atoms with Gasteiger partial charge in [0.15, 0.2) is 0 Å². The van der Waals surface area contributed by atoms with Gasteiger partial charge in [-0.3, -0.25) is 14.4 Å². The van der Waals surface area contributed by atoms with E-state index in [0.717, 1.165) is 12.8 Å². The Balaban J connectivity index is 2.56. The number of nitrogens with zero attached hydrogens (tertiary/aromatic N) is 1. The highest BCUT2D eigenvalue weighted by Crippen LogP contribution is 2.22. The topological polar surface area (TPSA) is 86.7 Å². The second kappa shape index (κ2) is 6.54. The average molecular weight is 270 g/mol. The highest BCUT2D eigenvalue weighted by atomic mass is 16.4. The number of carboxylic acid groups (broad SMARTS) is 1.